The van der Waals surface area contributed by atoms with Crippen molar-refractivity contribution >= 4 is 22.7 Å². The van der Waals surface area contributed by atoms with Crippen LogP contribution in [0.4, 0.5) is 0 Å². The minimum Gasteiger partial charge on any atom is -0.282 e. The Hall–Kier alpha value is -0.520. The molecule has 5 heteroatoms. The molecule has 0 fully saturated rings. The first kappa shape index (κ1) is 16.5. The zero-order valence-electron chi connectivity index (χ0n) is 12.0. The van der Waals surface area contributed by atoms with Crippen LogP contribution < -0.4 is 0 Å². The predicted octanol–water partition coefficient (Wildman–Crippen LogP) is 4.17. The van der Waals surface area contributed by atoms with Crippen molar-refractivity contribution in [2.75, 3.05) is 0 Å². The van der Waals surface area contributed by atoms with Crippen molar-refractivity contribution in [1.29, 1.82) is 0 Å². The van der Waals surface area contributed by atoms with Gasteiger partial charge in [-0.2, -0.15) is 21.0 Å². The summed E-state index contributed by atoms with van der Waals surface area (Å²) < 4.78 is 32.9. The third kappa shape index (κ3) is 3.74. The van der Waals surface area contributed by atoms with Crippen molar-refractivity contribution in [2.45, 2.75) is 56.6 Å². The minimum absolute atomic E-state index is 0.0152. The van der Waals surface area contributed by atoms with Gasteiger partial charge in [-0.15, -0.1) is 0 Å². The Morgan fingerprint density at radius 3 is 1.79 bits per heavy atom. The van der Waals surface area contributed by atoms with E-state index in [1.54, 1.807) is 6.92 Å². The molecule has 0 saturated heterocycles. The van der Waals surface area contributed by atoms with Crippen LogP contribution in [0.15, 0.2) is 17.0 Å². The molecule has 1 unspecified atom stereocenters. The molecule has 0 radical (unpaired) electrons. The third-order valence-corrected chi connectivity index (χ3v) is 4.43. The van der Waals surface area contributed by atoms with E-state index in [9.17, 15) is 13.0 Å². The van der Waals surface area contributed by atoms with Crippen LogP contribution >= 0.6 is 12.6 Å². The molecule has 19 heavy (non-hydrogen) atoms. The Labute approximate surface area is 121 Å². The van der Waals surface area contributed by atoms with Crippen LogP contribution in [0.3, 0.4) is 0 Å². The van der Waals surface area contributed by atoms with Gasteiger partial charge in [0.2, 0.25) is 0 Å². The van der Waals surface area contributed by atoms with Gasteiger partial charge in [-0.25, -0.2) is 0 Å². The van der Waals surface area contributed by atoms with Crippen molar-refractivity contribution in [2.24, 2.45) is 0 Å². The van der Waals surface area contributed by atoms with E-state index in [-0.39, 0.29) is 16.1 Å². The summed E-state index contributed by atoms with van der Waals surface area (Å²) in [6, 6.07) is 3.70. The molecule has 0 heterocycles. The molecule has 1 aromatic carbocycles. The summed E-state index contributed by atoms with van der Waals surface area (Å²) in [5.41, 5.74) is 2.29. The Morgan fingerprint density at radius 2 is 1.47 bits per heavy atom. The van der Waals surface area contributed by atoms with Gasteiger partial charge >= 0.3 is 0 Å². The molecule has 0 saturated carbocycles. The molecule has 3 nitrogen and oxygen atoms in total. The molecule has 1 N–H and O–H groups in total. The van der Waals surface area contributed by atoms with E-state index >= 15 is 0 Å². The summed E-state index contributed by atoms with van der Waals surface area (Å²) in [6.07, 6.45) is 0. The summed E-state index contributed by atoms with van der Waals surface area (Å²) in [4.78, 5) is 0.0226. The van der Waals surface area contributed by atoms with Crippen LogP contribution in [-0.2, 0) is 10.1 Å². The van der Waals surface area contributed by atoms with E-state index in [4.69, 9.17) is 0 Å². The average molecular weight is 302 g/mol. The van der Waals surface area contributed by atoms with E-state index in [1.165, 1.54) is 0 Å². The highest BCUT2D eigenvalue weighted by Gasteiger charge is 2.25. The van der Waals surface area contributed by atoms with Gasteiger partial charge in [0.1, 0.15) is 4.90 Å². The number of thiol groups is 1. The van der Waals surface area contributed by atoms with E-state index < -0.39 is 10.1 Å². The maximum absolute atomic E-state index is 11.7. The van der Waals surface area contributed by atoms with Crippen molar-refractivity contribution in [3.63, 3.8) is 0 Å². The van der Waals surface area contributed by atoms with Gasteiger partial charge in [0, 0.05) is 5.25 Å². The van der Waals surface area contributed by atoms with Gasteiger partial charge in [0.05, 0.1) is 0 Å². The van der Waals surface area contributed by atoms with Crippen LogP contribution in [0.25, 0.3) is 0 Å². The van der Waals surface area contributed by atoms with Crippen molar-refractivity contribution < 1.29 is 13.0 Å². The largest absolute Gasteiger partial charge is 0.295 e. The first-order chi connectivity index (χ1) is 8.55. The van der Waals surface area contributed by atoms with Gasteiger partial charge in [-0.05, 0) is 35.4 Å². The quantitative estimate of drug-likeness (QED) is 0.648. The monoisotopic (exact) mass is 302 g/mol. The predicted molar refractivity (Wildman–Crippen MR) is 81.8 cm³/mol. The van der Waals surface area contributed by atoms with Gasteiger partial charge in [0.25, 0.3) is 10.1 Å². The first-order valence-corrected chi connectivity index (χ1v) is 8.34. The molecule has 0 aliphatic carbocycles. The average Bonchev–Trinajstić information content (AvgIpc) is 2.25. The van der Waals surface area contributed by atoms with Gasteiger partial charge < -0.3 is 0 Å². The number of hydrogen-bond acceptors (Lipinski definition) is 3. The van der Waals surface area contributed by atoms with E-state index in [0.717, 1.165) is 5.56 Å². The van der Waals surface area contributed by atoms with Crippen LogP contribution in [0.1, 0.15) is 68.4 Å². The lowest BCUT2D eigenvalue weighted by Crippen LogP contribution is -2.11. The summed E-state index contributed by atoms with van der Waals surface area (Å²) >= 11 is 4.34. The zero-order chi connectivity index (χ0) is 15.0. The fourth-order valence-corrected chi connectivity index (χ4v) is 3.49. The fourth-order valence-electron chi connectivity index (χ4n) is 2.07. The Balaban J connectivity index is 3.77. The Bertz CT molecular complexity index is 529. The zero-order valence-corrected chi connectivity index (χ0v) is 13.7. The lowest BCUT2D eigenvalue weighted by molar-refractivity contribution is 0.480. The summed E-state index contributed by atoms with van der Waals surface area (Å²) in [7, 11) is -4.25. The Morgan fingerprint density at radius 1 is 1.00 bits per heavy atom. The lowest BCUT2D eigenvalue weighted by atomic mass is 9.92. The SMILES string of the molecule is CC(C)c1cc(C(C)C)c(S(=O)(=O)O)c(C(C)S)c1. The van der Waals surface area contributed by atoms with Crippen molar-refractivity contribution in [3.05, 3.63) is 28.8 Å². The molecule has 0 amide bonds. The first-order valence-electron chi connectivity index (χ1n) is 6.39. The van der Waals surface area contributed by atoms with Crippen LogP contribution in [0.2, 0.25) is 0 Å². The smallest absolute Gasteiger partial charge is 0.282 e. The van der Waals surface area contributed by atoms with Gasteiger partial charge in [-0.1, -0.05) is 39.8 Å². The number of hydrogen-bond donors (Lipinski definition) is 2. The molecular formula is C14H22O3S2. The molecular weight excluding hydrogens is 280 g/mol. The third-order valence-electron chi connectivity index (χ3n) is 3.17. The molecule has 0 bridgehead atoms. The maximum Gasteiger partial charge on any atom is 0.295 e. The number of rotatable bonds is 4. The molecule has 1 atom stereocenters. The maximum atomic E-state index is 11.7. The molecule has 0 aromatic heterocycles. The Kier molecular flexibility index (Phi) is 5.09. The van der Waals surface area contributed by atoms with Crippen LogP contribution in [0, 0.1) is 0 Å². The fraction of sp³-hybridized carbons (Fsp3) is 0.571. The topological polar surface area (TPSA) is 54.4 Å². The second kappa shape index (κ2) is 5.85. The highest BCUT2D eigenvalue weighted by Crippen LogP contribution is 2.36. The van der Waals surface area contributed by atoms with Crippen molar-refractivity contribution in [1.82, 2.24) is 0 Å². The molecule has 0 aliphatic heterocycles. The van der Waals surface area contributed by atoms with Crippen LogP contribution in [0.5, 0.6) is 0 Å². The van der Waals surface area contributed by atoms with E-state index in [2.05, 4.69) is 26.5 Å². The van der Waals surface area contributed by atoms with Crippen molar-refractivity contribution in [3.8, 4) is 0 Å². The molecule has 108 valence electrons. The minimum atomic E-state index is -4.25. The molecule has 0 aliphatic rings. The van der Waals surface area contributed by atoms with Crippen LogP contribution in [-0.4, -0.2) is 13.0 Å². The van der Waals surface area contributed by atoms with E-state index in [1.807, 2.05) is 26.0 Å². The normalized spacial score (nSPS) is 14.2. The lowest BCUT2D eigenvalue weighted by Gasteiger charge is -2.20. The molecule has 0 spiro atoms. The highest BCUT2D eigenvalue weighted by atomic mass is 32.2. The summed E-state index contributed by atoms with van der Waals surface area (Å²) in [6.45, 7) is 9.75. The summed E-state index contributed by atoms with van der Waals surface area (Å²) in [5, 5.41) is -0.256. The second-order valence-electron chi connectivity index (χ2n) is 5.49. The standard InChI is InChI=1S/C14H22O3S2/c1-8(2)11-6-12(9(3)4)14(19(15,16)17)13(7-11)10(5)18/h6-10,18H,1-5H3,(H,15,16,17). The molecule has 1 rings (SSSR count). The molecule has 1 aromatic rings. The van der Waals surface area contributed by atoms with E-state index in [0.29, 0.717) is 17.0 Å². The summed E-state index contributed by atoms with van der Waals surface area (Å²) in [5.74, 6) is 0.306. The van der Waals surface area contributed by atoms with Gasteiger partial charge in [-0.3, -0.25) is 4.55 Å². The second-order valence-corrected chi connectivity index (χ2v) is 7.62. The number of benzene rings is 1. The van der Waals surface area contributed by atoms with Gasteiger partial charge in [0.15, 0.2) is 0 Å². The highest BCUT2D eigenvalue weighted by molar-refractivity contribution is 7.86.